The number of rotatable bonds is 4. The van der Waals surface area contributed by atoms with Crippen LogP contribution in [0.4, 0.5) is 0 Å². The fourth-order valence-electron chi connectivity index (χ4n) is 1.74. The minimum atomic E-state index is -0.343. The van der Waals surface area contributed by atoms with Crippen LogP contribution in [0.25, 0.3) is 0 Å². The number of hydrogen-bond acceptors (Lipinski definition) is 4. The van der Waals surface area contributed by atoms with Crippen LogP contribution in [0.2, 0.25) is 0 Å². The molecule has 0 saturated heterocycles. The molecule has 0 aliphatic heterocycles. The van der Waals surface area contributed by atoms with Gasteiger partial charge in [0.25, 0.3) is 0 Å². The van der Waals surface area contributed by atoms with E-state index in [1.807, 2.05) is 13.1 Å². The van der Waals surface area contributed by atoms with Gasteiger partial charge >= 0.3 is 5.97 Å². The van der Waals surface area contributed by atoms with Crippen molar-refractivity contribution in [2.75, 3.05) is 6.61 Å². The Morgan fingerprint density at radius 2 is 2.17 bits per heavy atom. The summed E-state index contributed by atoms with van der Waals surface area (Å²) in [5, 5.41) is 8.30. The largest absolute Gasteiger partial charge is 0.462 e. The van der Waals surface area contributed by atoms with Gasteiger partial charge in [-0.15, -0.1) is 0 Å². The van der Waals surface area contributed by atoms with Crippen molar-refractivity contribution in [3.63, 3.8) is 0 Å². The molecular weight excluding hydrogens is 232 g/mol. The number of carbonyl (C=O) groups is 1. The van der Waals surface area contributed by atoms with E-state index in [1.165, 1.54) is 6.20 Å². The van der Waals surface area contributed by atoms with Crippen LogP contribution in [0, 0.1) is 6.92 Å². The summed E-state index contributed by atoms with van der Waals surface area (Å²) < 4.78 is 8.45. The van der Waals surface area contributed by atoms with E-state index in [0.717, 1.165) is 11.3 Å². The summed E-state index contributed by atoms with van der Waals surface area (Å²) in [6.45, 7) is 4.61. The van der Waals surface area contributed by atoms with Crippen molar-refractivity contribution in [3.8, 4) is 0 Å². The number of carbonyl (C=O) groups excluding carboxylic acids is 1. The molecule has 2 rings (SSSR count). The van der Waals surface area contributed by atoms with Crippen molar-refractivity contribution in [1.29, 1.82) is 0 Å². The molecule has 0 spiro atoms. The van der Waals surface area contributed by atoms with Gasteiger partial charge in [0.05, 0.1) is 31.2 Å². The number of hydrogen-bond donors (Lipinski definition) is 0. The van der Waals surface area contributed by atoms with Gasteiger partial charge in [0.1, 0.15) is 5.56 Å². The highest BCUT2D eigenvalue weighted by Crippen LogP contribution is 2.11. The maximum absolute atomic E-state index is 11.8. The molecule has 0 aliphatic carbocycles. The number of aryl methyl sites for hydroxylation is 2. The van der Waals surface area contributed by atoms with Gasteiger partial charge in [-0.1, -0.05) is 0 Å². The van der Waals surface area contributed by atoms with Crippen LogP contribution in [-0.2, 0) is 18.3 Å². The maximum atomic E-state index is 11.8. The van der Waals surface area contributed by atoms with Crippen LogP contribution < -0.4 is 0 Å². The zero-order chi connectivity index (χ0) is 13.1. The zero-order valence-corrected chi connectivity index (χ0v) is 10.8. The van der Waals surface area contributed by atoms with Crippen LogP contribution in [-0.4, -0.2) is 32.1 Å². The highest BCUT2D eigenvalue weighted by atomic mass is 16.5. The Morgan fingerprint density at radius 1 is 1.39 bits per heavy atom. The summed E-state index contributed by atoms with van der Waals surface area (Å²) in [7, 11) is 1.80. The van der Waals surface area contributed by atoms with Crippen LogP contribution in [0.5, 0.6) is 0 Å². The van der Waals surface area contributed by atoms with E-state index in [2.05, 4.69) is 10.2 Å². The molecule has 0 atom stereocenters. The Morgan fingerprint density at radius 3 is 2.78 bits per heavy atom. The Balaban J connectivity index is 2.26. The number of esters is 1. The van der Waals surface area contributed by atoms with Gasteiger partial charge in [-0.2, -0.15) is 10.2 Å². The second-order valence-corrected chi connectivity index (χ2v) is 4.06. The Labute approximate surface area is 105 Å². The summed E-state index contributed by atoms with van der Waals surface area (Å²) in [5.41, 5.74) is 2.36. The third-order valence-electron chi connectivity index (χ3n) is 2.63. The van der Waals surface area contributed by atoms with Gasteiger partial charge in [0.15, 0.2) is 0 Å². The van der Waals surface area contributed by atoms with E-state index < -0.39 is 0 Å². The molecule has 0 bridgehead atoms. The Bertz CT molecular complexity index is 556. The predicted octanol–water partition coefficient (Wildman–Crippen LogP) is 1.15. The average Bonchev–Trinajstić information content (AvgIpc) is 2.88. The Hall–Kier alpha value is -2.11. The van der Waals surface area contributed by atoms with E-state index >= 15 is 0 Å². The van der Waals surface area contributed by atoms with Crippen LogP contribution >= 0.6 is 0 Å². The predicted molar refractivity (Wildman–Crippen MR) is 65.2 cm³/mol. The zero-order valence-electron chi connectivity index (χ0n) is 10.8. The van der Waals surface area contributed by atoms with Crippen LogP contribution in [0.15, 0.2) is 18.6 Å². The lowest BCUT2D eigenvalue weighted by Gasteiger charge is -2.06. The molecule has 0 aromatic carbocycles. The van der Waals surface area contributed by atoms with Crippen molar-refractivity contribution in [2.24, 2.45) is 7.05 Å². The number of nitrogens with zero attached hydrogens (tertiary/aromatic N) is 4. The van der Waals surface area contributed by atoms with E-state index in [4.69, 9.17) is 4.74 Å². The van der Waals surface area contributed by atoms with Crippen molar-refractivity contribution in [2.45, 2.75) is 20.4 Å². The molecule has 18 heavy (non-hydrogen) atoms. The number of aromatic nitrogens is 4. The van der Waals surface area contributed by atoms with Gasteiger partial charge < -0.3 is 4.74 Å². The lowest BCUT2D eigenvalue weighted by Crippen LogP contribution is -2.12. The summed E-state index contributed by atoms with van der Waals surface area (Å²) >= 11 is 0. The number of ether oxygens (including phenoxy) is 1. The molecular formula is C12H16N4O2. The first kappa shape index (κ1) is 12.3. The second kappa shape index (κ2) is 5.03. The van der Waals surface area contributed by atoms with Crippen molar-refractivity contribution in [1.82, 2.24) is 19.6 Å². The maximum Gasteiger partial charge on any atom is 0.341 e. The molecule has 6 nitrogen and oxygen atoms in total. The third-order valence-corrected chi connectivity index (χ3v) is 2.63. The summed E-state index contributed by atoms with van der Waals surface area (Å²) in [6.07, 6.45) is 5.23. The summed E-state index contributed by atoms with van der Waals surface area (Å²) in [6, 6.07) is 0. The molecule has 6 heteroatoms. The van der Waals surface area contributed by atoms with Crippen molar-refractivity contribution >= 4 is 5.97 Å². The highest BCUT2D eigenvalue weighted by Gasteiger charge is 2.17. The molecule has 0 unspecified atom stereocenters. The van der Waals surface area contributed by atoms with Gasteiger partial charge in [0.2, 0.25) is 0 Å². The SMILES string of the molecule is CCOC(=O)c1cnn(C)c1Cn1cc(C)cn1. The van der Waals surface area contributed by atoms with E-state index in [0.29, 0.717) is 18.7 Å². The first-order chi connectivity index (χ1) is 8.61. The van der Waals surface area contributed by atoms with Gasteiger partial charge in [0, 0.05) is 13.2 Å². The lowest BCUT2D eigenvalue weighted by atomic mass is 10.2. The average molecular weight is 248 g/mol. The molecule has 96 valence electrons. The molecule has 2 aromatic rings. The molecule has 0 saturated carbocycles. The Kier molecular flexibility index (Phi) is 3.45. The molecule has 2 heterocycles. The molecule has 2 aromatic heterocycles. The van der Waals surface area contributed by atoms with Crippen LogP contribution in [0.1, 0.15) is 28.5 Å². The molecule has 0 N–H and O–H groups in total. The molecule has 0 fully saturated rings. The molecule has 0 aliphatic rings. The fraction of sp³-hybridized carbons (Fsp3) is 0.417. The second-order valence-electron chi connectivity index (χ2n) is 4.06. The van der Waals surface area contributed by atoms with Gasteiger partial charge in [-0.3, -0.25) is 9.36 Å². The topological polar surface area (TPSA) is 61.9 Å². The van der Waals surface area contributed by atoms with E-state index in [1.54, 1.807) is 29.5 Å². The molecule has 0 radical (unpaired) electrons. The first-order valence-electron chi connectivity index (χ1n) is 5.79. The minimum Gasteiger partial charge on any atom is -0.462 e. The summed E-state index contributed by atoms with van der Waals surface area (Å²) in [4.78, 5) is 11.8. The van der Waals surface area contributed by atoms with E-state index in [9.17, 15) is 4.79 Å². The van der Waals surface area contributed by atoms with Crippen molar-refractivity contribution < 1.29 is 9.53 Å². The third kappa shape index (κ3) is 2.42. The fourth-order valence-corrected chi connectivity index (χ4v) is 1.74. The lowest BCUT2D eigenvalue weighted by molar-refractivity contribution is 0.0524. The van der Waals surface area contributed by atoms with Gasteiger partial charge in [-0.25, -0.2) is 4.79 Å². The van der Waals surface area contributed by atoms with E-state index in [-0.39, 0.29) is 5.97 Å². The molecule has 0 amide bonds. The van der Waals surface area contributed by atoms with Crippen molar-refractivity contribution in [3.05, 3.63) is 35.4 Å². The summed E-state index contributed by atoms with van der Waals surface area (Å²) in [5.74, 6) is -0.343. The normalized spacial score (nSPS) is 10.6. The van der Waals surface area contributed by atoms with Gasteiger partial charge in [-0.05, 0) is 19.4 Å². The smallest absolute Gasteiger partial charge is 0.341 e. The monoisotopic (exact) mass is 248 g/mol. The minimum absolute atomic E-state index is 0.343. The highest BCUT2D eigenvalue weighted by molar-refractivity contribution is 5.90. The first-order valence-corrected chi connectivity index (χ1v) is 5.79. The standard InChI is InChI=1S/C12H16N4O2/c1-4-18-12(17)10-6-13-15(3)11(10)8-16-7-9(2)5-14-16/h5-7H,4,8H2,1-3H3. The van der Waals surface area contributed by atoms with Crippen LogP contribution in [0.3, 0.4) is 0 Å². The quantitative estimate of drug-likeness (QED) is 0.761.